The second-order valence-electron chi connectivity index (χ2n) is 9.28. The van der Waals surface area contributed by atoms with Gasteiger partial charge in [-0.25, -0.2) is 4.98 Å². The highest BCUT2D eigenvalue weighted by molar-refractivity contribution is 5.85. The monoisotopic (exact) mass is 411 g/mol. The molecule has 2 aromatic heterocycles. The van der Waals surface area contributed by atoms with E-state index in [9.17, 15) is 0 Å². The predicted molar refractivity (Wildman–Crippen MR) is 124 cm³/mol. The molecular formula is C26H29N5. The van der Waals surface area contributed by atoms with E-state index in [4.69, 9.17) is 0 Å². The van der Waals surface area contributed by atoms with Gasteiger partial charge in [0.2, 0.25) is 0 Å². The molecule has 2 aliphatic heterocycles. The van der Waals surface area contributed by atoms with Crippen molar-refractivity contribution in [2.75, 3.05) is 20.1 Å². The summed E-state index contributed by atoms with van der Waals surface area (Å²) in [7, 11) is 2.34. The molecule has 0 bridgehead atoms. The van der Waals surface area contributed by atoms with Crippen LogP contribution in [0.1, 0.15) is 17.5 Å². The number of imidazole rings is 1. The molecule has 0 spiro atoms. The van der Waals surface area contributed by atoms with Crippen molar-refractivity contribution >= 4 is 10.9 Å². The fourth-order valence-electron chi connectivity index (χ4n) is 5.78. The molecule has 0 aliphatic carbocycles. The van der Waals surface area contributed by atoms with Gasteiger partial charge in [-0.2, -0.15) is 0 Å². The Morgan fingerprint density at radius 1 is 1.10 bits per heavy atom. The molecule has 5 nitrogen and oxygen atoms in total. The number of nitrogens with zero attached hydrogens (tertiary/aromatic N) is 4. The second kappa shape index (κ2) is 7.66. The van der Waals surface area contributed by atoms with E-state index >= 15 is 0 Å². The van der Waals surface area contributed by atoms with Crippen LogP contribution in [0.5, 0.6) is 0 Å². The third kappa shape index (κ3) is 3.48. The van der Waals surface area contributed by atoms with Crippen LogP contribution < -0.4 is 0 Å². The summed E-state index contributed by atoms with van der Waals surface area (Å²) in [5.41, 5.74) is 5.23. The Bertz CT molecular complexity index is 1160. The number of aromatic amines is 1. The van der Waals surface area contributed by atoms with Crippen molar-refractivity contribution in [1.29, 1.82) is 0 Å². The van der Waals surface area contributed by atoms with Gasteiger partial charge in [0, 0.05) is 66.9 Å². The first-order valence-corrected chi connectivity index (χ1v) is 11.3. The van der Waals surface area contributed by atoms with E-state index in [1.807, 2.05) is 18.7 Å². The van der Waals surface area contributed by atoms with Crippen molar-refractivity contribution in [3.8, 4) is 5.69 Å². The Morgan fingerprint density at radius 3 is 2.81 bits per heavy atom. The van der Waals surface area contributed by atoms with Gasteiger partial charge in [0.25, 0.3) is 0 Å². The molecule has 6 rings (SSSR count). The van der Waals surface area contributed by atoms with Crippen LogP contribution in [0.4, 0.5) is 0 Å². The van der Waals surface area contributed by atoms with Gasteiger partial charge in [0.05, 0.1) is 6.33 Å². The highest BCUT2D eigenvalue weighted by Gasteiger charge is 2.44. The van der Waals surface area contributed by atoms with Crippen LogP contribution in [0.3, 0.4) is 0 Å². The van der Waals surface area contributed by atoms with Crippen molar-refractivity contribution in [1.82, 2.24) is 24.3 Å². The fraction of sp³-hybridized carbons (Fsp3) is 0.346. The van der Waals surface area contributed by atoms with Gasteiger partial charge in [-0.3, -0.25) is 9.80 Å². The first-order valence-electron chi connectivity index (χ1n) is 11.3. The minimum atomic E-state index is 0.616. The van der Waals surface area contributed by atoms with E-state index in [2.05, 4.69) is 86.1 Å². The quantitative estimate of drug-likeness (QED) is 0.537. The van der Waals surface area contributed by atoms with Gasteiger partial charge >= 0.3 is 0 Å². The highest BCUT2D eigenvalue weighted by Crippen LogP contribution is 2.37. The van der Waals surface area contributed by atoms with Crippen LogP contribution in [0.15, 0.2) is 73.4 Å². The molecule has 2 aromatic carbocycles. The van der Waals surface area contributed by atoms with Crippen LogP contribution in [-0.2, 0) is 13.0 Å². The van der Waals surface area contributed by atoms with Gasteiger partial charge in [0.15, 0.2) is 0 Å². The maximum atomic E-state index is 4.19. The molecule has 31 heavy (non-hydrogen) atoms. The van der Waals surface area contributed by atoms with E-state index in [0.717, 1.165) is 18.9 Å². The number of rotatable bonds is 5. The molecule has 3 atom stereocenters. The molecule has 0 radical (unpaired) electrons. The molecule has 1 N–H and O–H groups in total. The number of likely N-dealkylation sites (tertiary alicyclic amines) is 2. The second-order valence-corrected chi connectivity index (χ2v) is 9.28. The number of fused-ring (bicyclic) bond motifs is 2. The molecular weight excluding hydrogens is 382 g/mol. The summed E-state index contributed by atoms with van der Waals surface area (Å²) in [6.07, 6.45) is 10.3. The fourth-order valence-corrected chi connectivity index (χ4v) is 5.78. The van der Waals surface area contributed by atoms with Crippen molar-refractivity contribution in [2.24, 2.45) is 5.92 Å². The normalized spacial score (nSPS) is 24.2. The first-order chi connectivity index (χ1) is 15.2. The van der Waals surface area contributed by atoms with Crippen molar-refractivity contribution in [3.05, 3.63) is 84.6 Å². The number of nitrogens with one attached hydrogen (secondary N) is 1. The van der Waals surface area contributed by atoms with Crippen LogP contribution >= 0.6 is 0 Å². The standard InChI is InChI=1S/C26H29N5/c1-29-23(12-21-16-30(17-26(21)29)15-19-5-3-2-4-6-19)11-20-14-28-25-8-7-22(13-24(20)25)31-10-9-27-18-31/h2-10,13-14,18,21,23,26,28H,11-12,15-17H2,1H3/t21-,23+,26+/m1/s1. The van der Waals surface area contributed by atoms with Crippen molar-refractivity contribution in [2.45, 2.75) is 31.5 Å². The van der Waals surface area contributed by atoms with Crippen LogP contribution in [0.2, 0.25) is 0 Å². The summed E-state index contributed by atoms with van der Waals surface area (Å²) in [5.74, 6) is 0.783. The maximum Gasteiger partial charge on any atom is 0.0991 e. The Hall–Kier alpha value is -2.89. The van der Waals surface area contributed by atoms with E-state index < -0.39 is 0 Å². The summed E-state index contributed by atoms with van der Waals surface area (Å²) in [6, 6.07) is 18.8. The molecule has 0 amide bonds. The van der Waals surface area contributed by atoms with Gasteiger partial charge in [-0.05, 0) is 55.1 Å². The Kier molecular flexibility index (Phi) is 4.66. The number of H-pyrrole nitrogens is 1. The lowest BCUT2D eigenvalue weighted by atomic mass is 9.98. The largest absolute Gasteiger partial charge is 0.361 e. The number of aromatic nitrogens is 3. The Morgan fingerprint density at radius 2 is 2.00 bits per heavy atom. The summed E-state index contributed by atoms with van der Waals surface area (Å²) < 4.78 is 2.07. The van der Waals surface area contributed by atoms with E-state index in [1.165, 1.54) is 47.2 Å². The Balaban J connectivity index is 1.16. The third-order valence-electron chi connectivity index (χ3n) is 7.41. The average molecular weight is 412 g/mol. The number of hydrogen-bond acceptors (Lipinski definition) is 3. The van der Waals surface area contributed by atoms with Gasteiger partial charge in [-0.1, -0.05) is 30.3 Å². The number of hydrogen-bond donors (Lipinski definition) is 1. The SMILES string of the molecule is CN1[C@@H](Cc2c[nH]c3ccc(-n4ccnc4)cc23)C[C@@H]2CN(Cc3ccccc3)C[C@@H]21. The topological polar surface area (TPSA) is 40.1 Å². The van der Waals surface area contributed by atoms with E-state index in [-0.39, 0.29) is 0 Å². The predicted octanol–water partition coefficient (Wildman–Crippen LogP) is 4.10. The van der Waals surface area contributed by atoms with Crippen LogP contribution in [0.25, 0.3) is 16.6 Å². The molecule has 2 saturated heterocycles. The zero-order valence-electron chi connectivity index (χ0n) is 18.0. The summed E-state index contributed by atoms with van der Waals surface area (Å²) in [5, 5.41) is 1.34. The summed E-state index contributed by atoms with van der Waals surface area (Å²) in [6.45, 7) is 3.48. The molecule has 4 aromatic rings. The number of benzene rings is 2. The van der Waals surface area contributed by atoms with Gasteiger partial charge in [-0.15, -0.1) is 0 Å². The smallest absolute Gasteiger partial charge is 0.0991 e. The highest BCUT2D eigenvalue weighted by atomic mass is 15.3. The first kappa shape index (κ1) is 18.8. The summed E-state index contributed by atoms with van der Waals surface area (Å²) >= 11 is 0. The summed E-state index contributed by atoms with van der Waals surface area (Å²) in [4.78, 5) is 13.0. The van der Waals surface area contributed by atoms with E-state index in [1.54, 1.807) is 0 Å². The maximum absolute atomic E-state index is 4.19. The zero-order chi connectivity index (χ0) is 20.8. The van der Waals surface area contributed by atoms with E-state index in [0.29, 0.717) is 12.1 Å². The lowest BCUT2D eigenvalue weighted by molar-refractivity contribution is 0.208. The molecule has 2 aliphatic rings. The molecule has 2 fully saturated rings. The minimum absolute atomic E-state index is 0.616. The van der Waals surface area contributed by atoms with Crippen molar-refractivity contribution < 1.29 is 0 Å². The van der Waals surface area contributed by atoms with Gasteiger partial charge in [0.1, 0.15) is 0 Å². The average Bonchev–Trinajstić information content (AvgIpc) is 3.57. The molecule has 0 saturated carbocycles. The minimum Gasteiger partial charge on any atom is -0.361 e. The van der Waals surface area contributed by atoms with Crippen LogP contribution in [-0.4, -0.2) is 56.6 Å². The van der Waals surface area contributed by atoms with Crippen LogP contribution in [0, 0.1) is 5.92 Å². The molecule has 4 heterocycles. The molecule has 158 valence electrons. The zero-order valence-corrected chi connectivity index (χ0v) is 18.0. The molecule has 5 heteroatoms. The Labute approximate surface area is 183 Å². The lowest BCUT2D eigenvalue weighted by Gasteiger charge is -2.27. The lowest BCUT2D eigenvalue weighted by Crippen LogP contribution is -2.37. The van der Waals surface area contributed by atoms with Crippen molar-refractivity contribution in [3.63, 3.8) is 0 Å². The number of likely N-dealkylation sites (N-methyl/N-ethyl adjacent to an activating group) is 1. The third-order valence-corrected chi connectivity index (χ3v) is 7.41. The van der Waals surface area contributed by atoms with Gasteiger partial charge < -0.3 is 9.55 Å². The molecule has 0 unspecified atom stereocenters.